The van der Waals surface area contributed by atoms with E-state index >= 15 is 0 Å². The third kappa shape index (κ3) is 4.40. The van der Waals surface area contributed by atoms with Crippen molar-refractivity contribution in [2.75, 3.05) is 19.0 Å². The number of benzene rings is 2. The molecule has 3 rings (SSSR count). The van der Waals surface area contributed by atoms with Crippen molar-refractivity contribution in [2.24, 2.45) is 0 Å². The fraction of sp³-hybridized carbons (Fsp3) is 0.150. The normalized spacial score (nSPS) is 10.5. The predicted molar refractivity (Wildman–Crippen MR) is 105 cm³/mol. The van der Waals surface area contributed by atoms with Gasteiger partial charge in [-0.25, -0.2) is 14.8 Å². The Morgan fingerprint density at radius 1 is 1.04 bits per heavy atom. The highest BCUT2D eigenvalue weighted by molar-refractivity contribution is 7.98. The maximum atomic E-state index is 11.1. The Bertz CT molecular complexity index is 914. The molecule has 5 nitrogen and oxygen atoms in total. The van der Waals surface area contributed by atoms with Gasteiger partial charge in [0.05, 0.1) is 11.3 Å². The van der Waals surface area contributed by atoms with E-state index in [9.17, 15) is 4.79 Å². The van der Waals surface area contributed by atoms with E-state index in [-0.39, 0.29) is 5.56 Å². The highest BCUT2D eigenvalue weighted by atomic mass is 32.2. The molecule has 6 heteroatoms. The van der Waals surface area contributed by atoms with Gasteiger partial charge >= 0.3 is 5.97 Å². The van der Waals surface area contributed by atoms with Crippen LogP contribution in [0.3, 0.4) is 0 Å². The van der Waals surface area contributed by atoms with Crippen LogP contribution in [-0.2, 0) is 5.75 Å². The van der Waals surface area contributed by atoms with E-state index in [1.807, 2.05) is 61.5 Å². The molecule has 1 aromatic heterocycles. The average molecular weight is 365 g/mol. The maximum absolute atomic E-state index is 11.1. The SMILES string of the molecule is CN(C)c1cc(-c2ccccc2)nc(SCc2cccc(C(=O)O)c2)n1. The van der Waals surface area contributed by atoms with Crippen LogP contribution < -0.4 is 4.90 Å². The largest absolute Gasteiger partial charge is 0.478 e. The van der Waals surface area contributed by atoms with Crippen molar-refractivity contribution in [3.8, 4) is 11.3 Å². The Labute approximate surface area is 156 Å². The van der Waals surface area contributed by atoms with Crippen molar-refractivity contribution < 1.29 is 9.90 Å². The van der Waals surface area contributed by atoms with Gasteiger partial charge < -0.3 is 10.0 Å². The first-order chi connectivity index (χ1) is 12.5. The minimum absolute atomic E-state index is 0.288. The highest BCUT2D eigenvalue weighted by Gasteiger charge is 2.10. The molecule has 132 valence electrons. The molecule has 0 unspecified atom stereocenters. The number of carboxylic acids is 1. The van der Waals surface area contributed by atoms with Gasteiger partial charge in [0.2, 0.25) is 0 Å². The van der Waals surface area contributed by atoms with Crippen molar-refractivity contribution in [1.29, 1.82) is 0 Å². The van der Waals surface area contributed by atoms with Crippen LogP contribution in [-0.4, -0.2) is 35.1 Å². The molecular weight excluding hydrogens is 346 g/mol. The van der Waals surface area contributed by atoms with Gasteiger partial charge in [0.15, 0.2) is 5.16 Å². The summed E-state index contributed by atoms with van der Waals surface area (Å²) in [6.07, 6.45) is 0. The first kappa shape index (κ1) is 17.9. The zero-order chi connectivity index (χ0) is 18.5. The summed E-state index contributed by atoms with van der Waals surface area (Å²) in [4.78, 5) is 22.3. The summed E-state index contributed by atoms with van der Waals surface area (Å²) in [5.41, 5.74) is 3.12. The molecule has 2 aromatic carbocycles. The highest BCUT2D eigenvalue weighted by Crippen LogP contribution is 2.26. The number of aromatic carboxylic acids is 1. The number of nitrogens with zero attached hydrogens (tertiary/aromatic N) is 3. The third-order valence-corrected chi connectivity index (χ3v) is 4.68. The fourth-order valence-electron chi connectivity index (χ4n) is 2.41. The van der Waals surface area contributed by atoms with E-state index in [1.165, 1.54) is 11.8 Å². The van der Waals surface area contributed by atoms with E-state index < -0.39 is 5.97 Å². The average Bonchev–Trinajstić information content (AvgIpc) is 2.67. The number of thioether (sulfide) groups is 1. The first-order valence-electron chi connectivity index (χ1n) is 8.10. The Balaban J connectivity index is 1.86. The van der Waals surface area contributed by atoms with Crippen LogP contribution in [0, 0.1) is 0 Å². The number of hydrogen-bond donors (Lipinski definition) is 1. The van der Waals surface area contributed by atoms with Crippen LogP contribution >= 0.6 is 11.8 Å². The second kappa shape index (κ2) is 8.01. The lowest BCUT2D eigenvalue weighted by Crippen LogP contribution is -2.11. The van der Waals surface area contributed by atoms with E-state index in [2.05, 4.69) is 9.97 Å². The lowest BCUT2D eigenvalue weighted by atomic mass is 10.1. The number of hydrogen-bond acceptors (Lipinski definition) is 5. The molecule has 0 amide bonds. The second-order valence-electron chi connectivity index (χ2n) is 5.95. The minimum Gasteiger partial charge on any atom is -0.478 e. The molecule has 0 aliphatic heterocycles. The first-order valence-corrected chi connectivity index (χ1v) is 9.08. The number of carboxylic acid groups (broad SMARTS) is 1. The molecular formula is C20H19N3O2S. The van der Waals surface area contributed by atoms with Crippen molar-refractivity contribution in [2.45, 2.75) is 10.9 Å². The summed E-state index contributed by atoms with van der Waals surface area (Å²) in [5, 5.41) is 9.78. The quantitative estimate of drug-likeness (QED) is 0.522. The van der Waals surface area contributed by atoms with Crippen molar-refractivity contribution in [3.05, 3.63) is 71.8 Å². The summed E-state index contributed by atoms with van der Waals surface area (Å²) in [5.74, 6) is 0.515. The molecule has 0 saturated heterocycles. The monoisotopic (exact) mass is 365 g/mol. The summed E-state index contributed by atoms with van der Waals surface area (Å²) >= 11 is 1.49. The smallest absolute Gasteiger partial charge is 0.335 e. The number of rotatable bonds is 6. The van der Waals surface area contributed by atoms with Gasteiger partial charge in [-0.05, 0) is 17.7 Å². The molecule has 1 N–H and O–H groups in total. The second-order valence-corrected chi connectivity index (χ2v) is 6.89. The molecule has 0 atom stereocenters. The minimum atomic E-state index is -0.922. The number of anilines is 1. The standard InChI is InChI=1S/C20H19N3O2S/c1-23(2)18-12-17(15-8-4-3-5-9-15)21-20(22-18)26-13-14-7-6-10-16(11-14)19(24)25/h3-12H,13H2,1-2H3,(H,24,25). The fourth-order valence-corrected chi connectivity index (χ4v) is 3.20. The van der Waals surface area contributed by atoms with Crippen molar-refractivity contribution in [1.82, 2.24) is 9.97 Å². The summed E-state index contributed by atoms with van der Waals surface area (Å²) in [6, 6.07) is 18.9. The molecule has 1 heterocycles. The molecule has 0 fully saturated rings. The zero-order valence-corrected chi connectivity index (χ0v) is 15.4. The predicted octanol–water partition coefficient (Wildman–Crippen LogP) is 4.20. The molecule has 0 bridgehead atoms. The summed E-state index contributed by atoms with van der Waals surface area (Å²) in [6.45, 7) is 0. The van der Waals surface area contributed by atoms with Crippen LogP contribution in [0.4, 0.5) is 5.82 Å². The zero-order valence-electron chi connectivity index (χ0n) is 14.6. The number of carbonyl (C=O) groups is 1. The van der Waals surface area contributed by atoms with Crippen molar-refractivity contribution in [3.63, 3.8) is 0 Å². The van der Waals surface area contributed by atoms with Gasteiger partial charge in [0, 0.05) is 31.5 Å². The van der Waals surface area contributed by atoms with Gasteiger partial charge in [-0.1, -0.05) is 54.2 Å². The Hall–Kier alpha value is -2.86. The molecule has 0 aliphatic carbocycles. The maximum Gasteiger partial charge on any atom is 0.335 e. The molecule has 0 saturated carbocycles. The van der Waals surface area contributed by atoms with E-state index in [4.69, 9.17) is 5.11 Å². The van der Waals surface area contributed by atoms with Crippen molar-refractivity contribution >= 4 is 23.5 Å². The van der Waals surface area contributed by atoms with Crippen LogP contribution in [0.2, 0.25) is 0 Å². The van der Waals surface area contributed by atoms with Crippen LogP contribution in [0.5, 0.6) is 0 Å². The van der Waals surface area contributed by atoms with Gasteiger partial charge in [-0.15, -0.1) is 0 Å². The third-order valence-electron chi connectivity index (χ3n) is 3.76. The molecule has 0 radical (unpaired) electrons. The molecule has 3 aromatic rings. The Morgan fingerprint density at radius 3 is 2.50 bits per heavy atom. The molecule has 0 spiro atoms. The molecule has 0 aliphatic rings. The topological polar surface area (TPSA) is 66.3 Å². The number of aromatic nitrogens is 2. The lowest BCUT2D eigenvalue weighted by Gasteiger charge is -2.14. The van der Waals surface area contributed by atoms with E-state index in [1.54, 1.807) is 18.2 Å². The van der Waals surface area contributed by atoms with Gasteiger partial charge in [-0.3, -0.25) is 0 Å². The summed E-state index contributed by atoms with van der Waals surface area (Å²) in [7, 11) is 3.89. The Kier molecular flexibility index (Phi) is 5.53. The lowest BCUT2D eigenvalue weighted by molar-refractivity contribution is 0.0697. The molecule has 26 heavy (non-hydrogen) atoms. The van der Waals surface area contributed by atoms with Crippen LogP contribution in [0.25, 0.3) is 11.3 Å². The van der Waals surface area contributed by atoms with Gasteiger partial charge in [-0.2, -0.15) is 0 Å². The summed E-state index contributed by atoms with van der Waals surface area (Å²) < 4.78 is 0. The van der Waals surface area contributed by atoms with E-state index in [0.717, 1.165) is 22.6 Å². The van der Waals surface area contributed by atoms with Crippen LogP contribution in [0.1, 0.15) is 15.9 Å². The van der Waals surface area contributed by atoms with E-state index in [0.29, 0.717) is 10.9 Å². The van der Waals surface area contributed by atoms with Gasteiger partial charge in [0.1, 0.15) is 5.82 Å². The van der Waals surface area contributed by atoms with Gasteiger partial charge in [0.25, 0.3) is 0 Å². The van der Waals surface area contributed by atoms with Crippen LogP contribution in [0.15, 0.2) is 65.8 Å². The Morgan fingerprint density at radius 2 is 1.81 bits per heavy atom.